The summed E-state index contributed by atoms with van der Waals surface area (Å²) >= 11 is 0. The normalized spacial score (nSPS) is 11.6. The van der Waals surface area contributed by atoms with Crippen LogP contribution in [-0.4, -0.2) is 13.0 Å². The summed E-state index contributed by atoms with van der Waals surface area (Å²) in [6.07, 6.45) is 16.4. The van der Waals surface area contributed by atoms with Gasteiger partial charge >= 0.3 is 29.6 Å². The summed E-state index contributed by atoms with van der Waals surface area (Å²) in [5.74, 6) is 0. The fraction of sp³-hybridized carbons (Fsp3) is 0.615. The standard InChI is InChI=1S/C26H40O3S.Na/c1-3-5-7-9-11-13-16-22-20-21-23-17-15-19-25(30(27,28)29)26(23)24(22)18-14-12-10-8-6-4-2;/h15,17,19-21H,3-14,16,18H2,1-2H3,(H,27,28,29);/q;+1/p-1. The van der Waals surface area contributed by atoms with Crippen LogP contribution >= 0.6 is 0 Å². The van der Waals surface area contributed by atoms with Crippen LogP contribution in [0.3, 0.4) is 0 Å². The van der Waals surface area contributed by atoms with Crippen LogP contribution in [0.4, 0.5) is 0 Å². The van der Waals surface area contributed by atoms with Crippen molar-refractivity contribution in [1.82, 2.24) is 0 Å². The average molecular weight is 455 g/mol. The summed E-state index contributed by atoms with van der Waals surface area (Å²) in [4.78, 5) is -0.0502. The van der Waals surface area contributed by atoms with Crippen molar-refractivity contribution in [2.24, 2.45) is 0 Å². The summed E-state index contributed by atoms with van der Waals surface area (Å²) in [5.41, 5.74) is 2.31. The molecular weight excluding hydrogens is 415 g/mol. The maximum Gasteiger partial charge on any atom is 1.00 e. The quantitative estimate of drug-likeness (QED) is 0.225. The number of hydrogen-bond donors (Lipinski definition) is 0. The molecule has 3 nitrogen and oxygen atoms in total. The monoisotopic (exact) mass is 454 g/mol. The van der Waals surface area contributed by atoms with Crippen molar-refractivity contribution >= 4 is 20.9 Å². The molecule has 0 bridgehead atoms. The van der Waals surface area contributed by atoms with E-state index in [0.717, 1.165) is 43.1 Å². The van der Waals surface area contributed by atoms with Gasteiger partial charge in [-0.3, -0.25) is 0 Å². The van der Waals surface area contributed by atoms with E-state index < -0.39 is 10.1 Å². The molecule has 0 aromatic heterocycles. The predicted molar refractivity (Wildman–Crippen MR) is 126 cm³/mol. The minimum Gasteiger partial charge on any atom is -0.744 e. The first-order chi connectivity index (χ1) is 14.5. The van der Waals surface area contributed by atoms with Crippen LogP contribution in [0.25, 0.3) is 10.8 Å². The van der Waals surface area contributed by atoms with Gasteiger partial charge in [0, 0.05) is 5.39 Å². The van der Waals surface area contributed by atoms with E-state index in [4.69, 9.17) is 0 Å². The Morgan fingerprint density at radius 1 is 0.710 bits per heavy atom. The number of benzene rings is 2. The Kier molecular flexibility index (Phi) is 14.3. The van der Waals surface area contributed by atoms with Crippen LogP contribution in [0.2, 0.25) is 0 Å². The van der Waals surface area contributed by atoms with Gasteiger partial charge in [-0.25, -0.2) is 8.42 Å². The van der Waals surface area contributed by atoms with Gasteiger partial charge in [-0.15, -0.1) is 0 Å². The maximum atomic E-state index is 12.0. The van der Waals surface area contributed by atoms with Crippen LogP contribution in [-0.2, 0) is 23.0 Å². The number of unbranched alkanes of at least 4 members (excludes halogenated alkanes) is 10. The van der Waals surface area contributed by atoms with E-state index in [0.29, 0.717) is 5.39 Å². The fourth-order valence-electron chi connectivity index (χ4n) is 4.37. The van der Waals surface area contributed by atoms with Gasteiger partial charge in [0.05, 0.1) is 4.90 Å². The molecule has 168 valence electrons. The van der Waals surface area contributed by atoms with E-state index in [1.807, 2.05) is 12.1 Å². The second kappa shape index (κ2) is 15.4. The third-order valence-corrected chi connectivity index (χ3v) is 6.94. The predicted octanol–water partition coefficient (Wildman–Crippen LogP) is 4.55. The molecule has 0 saturated carbocycles. The molecule has 0 radical (unpaired) electrons. The second-order valence-corrected chi connectivity index (χ2v) is 9.90. The molecule has 0 N–H and O–H groups in total. The molecule has 0 amide bonds. The molecule has 0 heterocycles. The third-order valence-electron chi connectivity index (χ3n) is 6.06. The topological polar surface area (TPSA) is 57.2 Å². The van der Waals surface area contributed by atoms with E-state index in [2.05, 4.69) is 19.9 Å². The molecule has 2 aromatic carbocycles. The molecular formula is C26H39NaO3S. The number of hydrogen-bond acceptors (Lipinski definition) is 3. The smallest absolute Gasteiger partial charge is 0.744 e. The molecule has 0 aliphatic carbocycles. The first-order valence-corrected chi connectivity index (χ1v) is 13.4. The number of fused-ring (bicyclic) bond motifs is 1. The zero-order chi connectivity index (χ0) is 21.8. The third kappa shape index (κ3) is 9.55. The number of rotatable bonds is 15. The Bertz CT molecular complexity index is 878. The minimum atomic E-state index is -4.50. The SMILES string of the molecule is CCCCCCCCc1ccc2cccc(S(=O)(=O)[O-])c2c1CCCCCCCC.[Na+]. The van der Waals surface area contributed by atoms with Crippen molar-refractivity contribution in [3.05, 3.63) is 41.5 Å². The van der Waals surface area contributed by atoms with Crippen molar-refractivity contribution in [1.29, 1.82) is 0 Å². The Morgan fingerprint density at radius 2 is 1.26 bits per heavy atom. The van der Waals surface area contributed by atoms with E-state index >= 15 is 0 Å². The molecule has 0 aliphatic heterocycles. The van der Waals surface area contributed by atoms with E-state index in [1.165, 1.54) is 69.4 Å². The van der Waals surface area contributed by atoms with Crippen LogP contribution in [0, 0.1) is 0 Å². The molecule has 0 fully saturated rings. The van der Waals surface area contributed by atoms with Gasteiger partial charge in [0.1, 0.15) is 10.1 Å². The van der Waals surface area contributed by atoms with Gasteiger partial charge in [-0.2, -0.15) is 0 Å². The zero-order valence-electron chi connectivity index (χ0n) is 19.9. The van der Waals surface area contributed by atoms with Crippen LogP contribution in [0.1, 0.15) is 102 Å². The summed E-state index contributed by atoms with van der Waals surface area (Å²) in [6, 6.07) is 9.21. The van der Waals surface area contributed by atoms with Gasteiger partial charge < -0.3 is 4.55 Å². The first-order valence-electron chi connectivity index (χ1n) is 12.0. The molecule has 31 heavy (non-hydrogen) atoms. The van der Waals surface area contributed by atoms with Gasteiger partial charge in [0.15, 0.2) is 0 Å². The van der Waals surface area contributed by atoms with Crippen molar-refractivity contribution in [3.8, 4) is 0 Å². The van der Waals surface area contributed by atoms with Crippen molar-refractivity contribution in [3.63, 3.8) is 0 Å². The van der Waals surface area contributed by atoms with Crippen molar-refractivity contribution in [2.75, 3.05) is 0 Å². The summed E-state index contributed by atoms with van der Waals surface area (Å²) < 4.78 is 35.9. The summed E-state index contributed by atoms with van der Waals surface area (Å²) in [7, 11) is -4.50. The van der Waals surface area contributed by atoms with Crippen LogP contribution in [0.5, 0.6) is 0 Å². The van der Waals surface area contributed by atoms with E-state index in [1.54, 1.807) is 6.07 Å². The molecule has 2 rings (SSSR count). The van der Waals surface area contributed by atoms with E-state index in [9.17, 15) is 13.0 Å². The summed E-state index contributed by atoms with van der Waals surface area (Å²) in [5, 5.41) is 1.53. The number of aryl methyl sites for hydroxylation is 2. The van der Waals surface area contributed by atoms with Gasteiger partial charge in [0.2, 0.25) is 0 Å². The largest absolute Gasteiger partial charge is 1.00 e. The minimum absolute atomic E-state index is 0. The van der Waals surface area contributed by atoms with Crippen LogP contribution in [0.15, 0.2) is 35.2 Å². The molecule has 5 heteroatoms. The molecule has 0 atom stereocenters. The zero-order valence-corrected chi connectivity index (χ0v) is 22.7. The second-order valence-electron chi connectivity index (χ2n) is 8.55. The molecule has 2 aromatic rings. The molecule has 0 saturated heterocycles. The van der Waals surface area contributed by atoms with Crippen LogP contribution < -0.4 is 29.6 Å². The van der Waals surface area contributed by atoms with Gasteiger partial charge in [0.25, 0.3) is 0 Å². The summed E-state index contributed by atoms with van der Waals surface area (Å²) in [6.45, 7) is 4.45. The molecule has 0 unspecified atom stereocenters. The Balaban J connectivity index is 0.00000480. The Labute approximate surface area is 212 Å². The van der Waals surface area contributed by atoms with Crippen molar-refractivity contribution < 1.29 is 42.5 Å². The first kappa shape index (κ1) is 28.6. The molecule has 0 spiro atoms. The fourth-order valence-corrected chi connectivity index (χ4v) is 5.10. The average Bonchev–Trinajstić information content (AvgIpc) is 2.72. The van der Waals surface area contributed by atoms with Crippen molar-refractivity contribution in [2.45, 2.75) is 109 Å². The maximum absolute atomic E-state index is 12.0. The van der Waals surface area contributed by atoms with Gasteiger partial charge in [-0.1, -0.05) is 102 Å². The molecule has 0 aliphatic rings. The Morgan fingerprint density at radius 3 is 1.84 bits per heavy atom. The Hall–Kier alpha value is -0.390. The van der Waals surface area contributed by atoms with Gasteiger partial charge in [-0.05, 0) is 48.3 Å². The van der Waals surface area contributed by atoms with E-state index in [-0.39, 0.29) is 34.5 Å².